The minimum Gasteiger partial charge on any atom is -0.481 e. The van der Waals surface area contributed by atoms with Gasteiger partial charge in [0, 0.05) is 31.3 Å². The summed E-state index contributed by atoms with van der Waals surface area (Å²) >= 11 is 0. The molecule has 2 aliphatic carbocycles. The molecule has 1 unspecified atom stereocenters. The maximum Gasteiger partial charge on any atom is 0.407 e. The van der Waals surface area contributed by atoms with Crippen LogP contribution in [0.25, 0.3) is 11.1 Å². The minimum absolute atomic E-state index is 0.00560. The molecule has 180 valence electrons. The molecular weight excluding hydrogens is 432 g/mol. The third kappa shape index (κ3) is 5.58. The van der Waals surface area contributed by atoms with Crippen LogP contribution in [0.1, 0.15) is 56.1 Å². The standard InChI is InChI=1S/C27H32N2O5/c1-2-19(14-25(30)28-15-18-11-17(12-18)13-26(31)32)29-27(33)34-16-24-22-9-5-3-7-20(22)21-8-4-6-10-23(21)24/h3-10,17-19,24H,2,11-16H2,1H3,(H,28,30)(H,29,33)(H,31,32). The van der Waals surface area contributed by atoms with Crippen molar-refractivity contribution in [3.8, 4) is 11.1 Å². The number of hydrogen-bond acceptors (Lipinski definition) is 4. The van der Waals surface area contributed by atoms with E-state index in [-0.39, 0.29) is 43.2 Å². The first kappa shape index (κ1) is 23.8. The number of rotatable bonds is 10. The van der Waals surface area contributed by atoms with E-state index in [1.54, 1.807) is 0 Å². The summed E-state index contributed by atoms with van der Waals surface area (Å²) < 4.78 is 5.59. The second-order valence-corrected chi connectivity index (χ2v) is 9.38. The molecule has 2 aromatic rings. The second-order valence-electron chi connectivity index (χ2n) is 9.38. The summed E-state index contributed by atoms with van der Waals surface area (Å²) in [5.41, 5.74) is 4.67. The van der Waals surface area contributed by atoms with Crippen LogP contribution in [0.15, 0.2) is 48.5 Å². The predicted molar refractivity (Wildman–Crippen MR) is 128 cm³/mol. The zero-order valence-corrected chi connectivity index (χ0v) is 19.5. The number of carbonyl (C=O) groups excluding carboxylic acids is 2. The van der Waals surface area contributed by atoms with Crippen molar-refractivity contribution in [3.63, 3.8) is 0 Å². The lowest BCUT2D eigenvalue weighted by Crippen LogP contribution is -2.41. The van der Waals surface area contributed by atoms with Crippen LogP contribution in [0.4, 0.5) is 4.79 Å². The lowest BCUT2D eigenvalue weighted by molar-refractivity contribution is -0.139. The minimum atomic E-state index is -0.766. The van der Waals surface area contributed by atoms with E-state index in [0.717, 1.165) is 24.0 Å². The highest BCUT2D eigenvalue weighted by molar-refractivity contribution is 5.79. The molecule has 0 heterocycles. The van der Waals surface area contributed by atoms with Crippen molar-refractivity contribution in [1.29, 1.82) is 0 Å². The van der Waals surface area contributed by atoms with E-state index in [1.165, 1.54) is 11.1 Å². The number of carboxylic acids is 1. The fourth-order valence-electron chi connectivity index (χ4n) is 5.11. The fourth-order valence-corrected chi connectivity index (χ4v) is 5.11. The topological polar surface area (TPSA) is 105 Å². The molecule has 1 fully saturated rings. The Bertz CT molecular complexity index is 1000. The first-order chi connectivity index (χ1) is 16.4. The highest BCUT2D eigenvalue weighted by Crippen LogP contribution is 2.44. The van der Waals surface area contributed by atoms with Gasteiger partial charge < -0.3 is 20.5 Å². The molecule has 1 atom stereocenters. The molecule has 0 spiro atoms. The summed E-state index contributed by atoms with van der Waals surface area (Å²) in [4.78, 5) is 35.6. The molecule has 2 aliphatic rings. The second kappa shape index (κ2) is 10.7. The Kier molecular flexibility index (Phi) is 7.50. The van der Waals surface area contributed by atoms with E-state index in [2.05, 4.69) is 34.9 Å². The highest BCUT2D eigenvalue weighted by atomic mass is 16.5. The van der Waals surface area contributed by atoms with Crippen molar-refractivity contribution in [2.45, 2.75) is 51.0 Å². The number of nitrogens with one attached hydrogen (secondary N) is 2. The molecule has 2 aromatic carbocycles. The zero-order chi connectivity index (χ0) is 24.1. The van der Waals surface area contributed by atoms with Gasteiger partial charge in [-0.15, -0.1) is 0 Å². The Morgan fingerprint density at radius 3 is 2.21 bits per heavy atom. The van der Waals surface area contributed by atoms with Crippen LogP contribution in [0.2, 0.25) is 0 Å². The smallest absolute Gasteiger partial charge is 0.407 e. The van der Waals surface area contributed by atoms with Crippen molar-refractivity contribution in [2.24, 2.45) is 11.8 Å². The molecule has 4 rings (SSSR count). The first-order valence-corrected chi connectivity index (χ1v) is 12.0. The summed E-state index contributed by atoms with van der Waals surface area (Å²) in [7, 11) is 0. The Balaban J connectivity index is 1.22. The van der Waals surface area contributed by atoms with Gasteiger partial charge in [-0.25, -0.2) is 4.79 Å². The van der Waals surface area contributed by atoms with Gasteiger partial charge in [0.1, 0.15) is 6.61 Å². The van der Waals surface area contributed by atoms with E-state index < -0.39 is 12.1 Å². The molecule has 0 aromatic heterocycles. The monoisotopic (exact) mass is 464 g/mol. The quantitative estimate of drug-likeness (QED) is 0.486. The van der Waals surface area contributed by atoms with Crippen LogP contribution in [-0.4, -0.2) is 42.3 Å². The first-order valence-electron chi connectivity index (χ1n) is 12.0. The number of benzene rings is 2. The molecule has 2 amide bonds. The fraction of sp³-hybridized carbons (Fsp3) is 0.444. The Labute approximate surface area is 199 Å². The maximum atomic E-state index is 12.5. The van der Waals surface area contributed by atoms with E-state index in [0.29, 0.717) is 18.9 Å². The molecule has 3 N–H and O–H groups in total. The average molecular weight is 465 g/mol. The van der Waals surface area contributed by atoms with Crippen LogP contribution >= 0.6 is 0 Å². The van der Waals surface area contributed by atoms with Crippen molar-refractivity contribution in [1.82, 2.24) is 10.6 Å². The number of aliphatic carboxylic acids is 1. The van der Waals surface area contributed by atoms with Gasteiger partial charge in [-0.3, -0.25) is 9.59 Å². The van der Waals surface area contributed by atoms with Gasteiger partial charge in [-0.2, -0.15) is 0 Å². The van der Waals surface area contributed by atoms with Crippen molar-refractivity contribution >= 4 is 18.0 Å². The Morgan fingerprint density at radius 2 is 1.62 bits per heavy atom. The van der Waals surface area contributed by atoms with Gasteiger partial charge >= 0.3 is 12.1 Å². The van der Waals surface area contributed by atoms with Gasteiger partial charge in [0.25, 0.3) is 0 Å². The molecule has 0 saturated heterocycles. The molecule has 0 radical (unpaired) electrons. The van der Waals surface area contributed by atoms with E-state index in [4.69, 9.17) is 9.84 Å². The largest absolute Gasteiger partial charge is 0.481 e. The summed E-state index contributed by atoms with van der Waals surface area (Å²) in [6, 6.07) is 16.1. The maximum absolute atomic E-state index is 12.5. The highest BCUT2D eigenvalue weighted by Gasteiger charge is 2.31. The number of hydrogen-bond donors (Lipinski definition) is 3. The third-order valence-corrected chi connectivity index (χ3v) is 6.97. The normalized spacial score (nSPS) is 19.3. The molecule has 7 nitrogen and oxygen atoms in total. The lowest BCUT2D eigenvalue weighted by atomic mass is 9.73. The lowest BCUT2D eigenvalue weighted by Gasteiger charge is -2.34. The van der Waals surface area contributed by atoms with Crippen molar-refractivity contribution in [3.05, 3.63) is 59.7 Å². The SMILES string of the molecule is CCC(CC(=O)NCC1CC(CC(=O)O)C1)NC(=O)OCC1c2ccccc2-c2ccccc21. The summed E-state index contributed by atoms with van der Waals surface area (Å²) in [5.74, 6) is -0.333. The van der Waals surface area contributed by atoms with Crippen LogP contribution in [-0.2, 0) is 14.3 Å². The molecule has 0 aliphatic heterocycles. The number of carbonyl (C=O) groups is 3. The van der Waals surface area contributed by atoms with E-state index in [9.17, 15) is 14.4 Å². The third-order valence-electron chi connectivity index (χ3n) is 6.97. The van der Waals surface area contributed by atoms with Crippen molar-refractivity contribution in [2.75, 3.05) is 13.2 Å². The van der Waals surface area contributed by atoms with Crippen LogP contribution in [0.5, 0.6) is 0 Å². The van der Waals surface area contributed by atoms with Gasteiger partial charge in [-0.1, -0.05) is 55.5 Å². The summed E-state index contributed by atoms with van der Waals surface area (Å²) in [6.07, 6.45) is 2.15. The average Bonchev–Trinajstić information content (AvgIpc) is 3.12. The summed E-state index contributed by atoms with van der Waals surface area (Å²) in [5, 5.41) is 14.6. The number of ether oxygens (including phenoxy) is 1. The van der Waals surface area contributed by atoms with Crippen molar-refractivity contribution < 1.29 is 24.2 Å². The van der Waals surface area contributed by atoms with Crippen LogP contribution < -0.4 is 10.6 Å². The van der Waals surface area contributed by atoms with Gasteiger partial charge in [0.05, 0.1) is 0 Å². The molecular formula is C27H32N2O5. The number of fused-ring (bicyclic) bond motifs is 3. The van der Waals surface area contributed by atoms with E-state index >= 15 is 0 Å². The summed E-state index contributed by atoms with van der Waals surface area (Å²) in [6.45, 7) is 2.71. The number of amides is 2. The van der Waals surface area contributed by atoms with Gasteiger partial charge in [0.2, 0.25) is 5.91 Å². The van der Waals surface area contributed by atoms with E-state index in [1.807, 2.05) is 31.2 Å². The van der Waals surface area contributed by atoms with Crippen LogP contribution in [0.3, 0.4) is 0 Å². The van der Waals surface area contributed by atoms with Gasteiger partial charge in [0.15, 0.2) is 0 Å². The molecule has 0 bridgehead atoms. The Hall–Kier alpha value is -3.35. The number of carboxylic acid groups (broad SMARTS) is 1. The zero-order valence-electron chi connectivity index (χ0n) is 19.5. The number of alkyl carbamates (subject to hydrolysis) is 1. The predicted octanol–water partition coefficient (Wildman–Crippen LogP) is 4.31. The molecule has 7 heteroatoms. The molecule has 1 saturated carbocycles. The Morgan fingerprint density at radius 1 is 1.00 bits per heavy atom. The van der Waals surface area contributed by atoms with Gasteiger partial charge in [-0.05, 0) is 53.4 Å². The molecule has 34 heavy (non-hydrogen) atoms. The van der Waals surface area contributed by atoms with Crippen LogP contribution in [0, 0.1) is 11.8 Å².